The second-order valence-corrected chi connectivity index (χ2v) is 10.2. The smallest absolute Gasteiger partial charge is 0.240 e. The number of aromatic nitrogens is 1. The molecule has 5 rings (SSSR count). The zero-order chi connectivity index (χ0) is 26.0. The van der Waals surface area contributed by atoms with E-state index in [1.54, 1.807) is 42.6 Å². The second kappa shape index (κ2) is 9.58. The van der Waals surface area contributed by atoms with E-state index in [2.05, 4.69) is 15.6 Å². The lowest BCUT2D eigenvalue weighted by Gasteiger charge is -2.21. The topological polar surface area (TPSA) is 89.5 Å². The van der Waals surface area contributed by atoms with E-state index in [1.165, 1.54) is 0 Å². The molecule has 7 heteroatoms. The van der Waals surface area contributed by atoms with E-state index in [0.29, 0.717) is 35.7 Å². The number of ether oxygens (including phenoxy) is 2. The highest BCUT2D eigenvalue weighted by molar-refractivity contribution is 6.16. The third-order valence-electron chi connectivity index (χ3n) is 6.09. The van der Waals surface area contributed by atoms with Crippen LogP contribution in [-0.4, -0.2) is 22.4 Å². The van der Waals surface area contributed by atoms with Crippen molar-refractivity contribution in [3.8, 4) is 17.2 Å². The molecule has 7 nitrogen and oxygen atoms in total. The van der Waals surface area contributed by atoms with Crippen LogP contribution in [0.2, 0.25) is 0 Å². The maximum Gasteiger partial charge on any atom is 0.240 e. The third kappa shape index (κ3) is 5.56. The first kappa shape index (κ1) is 24.3. The number of amides is 2. The summed E-state index contributed by atoms with van der Waals surface area (Å²) in [6.45, 7) is 6.00. The number of nitrogens with one attached hydrogen (secondary N) is 2. The van der Waals surface area contributed by atoms with Crippen molar-refractivity contribution >= 4 is 34.1 Å². The molecule has 2 N–H and O–H groups in total. The molecule has 1 fully saturated rings. The van der Waals surface area contributed by atoms with Gasteiger partial charge in [0.1, 0.15) is 28.3 Å². The van der Waals surface area contributed by atoms with Crippen molar-refractivity contribution < 1.29 is 19.1 Å². The Morgan fingerprint density at radius 1 is 0.811 bits per heavy atom. The first-order valence-corrected chi connectivity index (χ1v) is 12.3. The molecule has 2 amide bonds. The van der Waals surface area contributed by atoms with Crippen LogP contribution >= 0.6 is 0 Å². The molecule has 1 aliphatic rings. The normalized spacial score (nSPS) is 14.0. The fourth-order valence-electron chi connectivity index (χ4n) is 4.05. The minimum absolute atomic E-state index is 0.281. The molecule has 0 aliphatic heterocycles. The first-order valence-electron chi connectivity index (χ1n) is 12.3. The molecular formula is C30H29N3O4. The van der Waals surface area contributed by atoms with E-state index in [9.17, 15) is 9.59 Å². The molecule has 1 heterocycles. The van der Waals surface area contributed by atoms with Crippen LogP contribution in [0.5, 0.6) is 17.2 Å². The van der Waals surface area contributed by atoms with Crippen LogP contribution in [-0.2, 0) is 9.59 Å². The van der Waals surface area contributed by atoms with Crippen LogP contribution in [0.4, 0.5) is 11.4 Å². The Kier molecular flexibility index (Phi) is 6.29. The van der Waals surface area contributed by atoms with Crippen LogP contribution in [0.1, 0.15) is 33.6 Å². The highest BCUT2D eigenvalue weighted by Crippen LogP contribution is 2.47. The first-order chi connectivity index (χ1) is 17.7. The predicted octanol–water partition coefficient (Wildman–Crippen LogP) is 6.56. The van der Waals surface area contributed by atoms with Gasteiger partial charge in [-0.2, -0.15) is 0 Å². The Hall–Kier alpha value is -4.39. The lowest BCUT2D eigenvalue weighted by molar-refractivity contribution is -0.131. The van der Waals surface area contributed by atoms with E-state index in [4.69, 9.17) is 9.47 Å². The van der Waals surface area contributed by atoms with Crippen LogP contribution < -0.4 is 20.1 Å². The molecule has 37 heavy (non-hydrogen) atoms. The molecule has 0 bridgehead atoms. The molecule has 4 aromatic rings. The van der Waals surface area contributed by atoms with Crippen molar-refractivity contribution in [1.29, 1.82) is 0 Å². The Labute approximate surface area is 215 Å². The molecule has 188 valence electrons. The molecule has 0 radical (unpaired) electrons. The zero-order valence-corrected chi connectivity index (χ0v) is 21.1. The minimum Gasteiger partial charge on any atom is -0.488 e. The molecule has 1 saturated carbocycles. The average molecular weight is 496 g/mol. The van der Waals surface area contributed by atoms with Crippen molar-refractivity contribution in [2.75, 3.05) is 10.6 Å². The highest BCUT2D eigenvalue weighted by Gasteiger charge is 2.56. The number of rotatable bonds is 7. The van der Waals surface area contributed by atoms with Crippen LogP contribution in [0.3, 0.4) is 0 Å². The molecule has 0 atom stereocenters. The summed E-state index contributed by atoms with van der Waals surface area (Å²) in [6, 6.07) is 23.8. The zero-order valence-electron chi connectivity index (χ0n) is 21.1. The number of fused-ring (bicyclic) bond motifs is 1. The molecular weight excluding hydrogens is 466 g/mol. The fourth-order valence-corrected chi connectivity index (χ4v) is 4.05. The van der Waals surface area contributed by atoms with Crippen molar-refractivity contribution in [3.05, 3.63) is 85.1 Å². The van der Waals surface area contributed by atoms with Crippen molar-refractivity contribution in [2.45, 2.75) is 39.2 Å². The quantitative estimate of drug-likeness (QED) is 0.283. The maximum absolute atomic E-state index is 12.9. The van der Waals surface area contributed by atoms with Gasteiger partial charge in [0.15, 0.2) is 0 Å². The summed E-state index contributed by atoms with van der Waals surface area (Å²) in [6.07, 6.45) is 2.75. The van der Waals surface area contributed by atoms with Gasteiger partial charge in [0.25, 0.3) is 0 Å². The number of carbonyl (C=O) groups excluding carboxylic acids is 2. The summed E-state index contributed by atoms with van der Waals surface area (Å²) < 4.78 is 12.1. The number of hydrogen-bond acceptors (Lipinski definition) is 5. The minimum atomic E-state index is -1.03. The van der Waals surface area contributed by atoms with Crippen LogP contribution in [0.15, 0.2) is 85.1 Å². The fraction of sp³-hybridized carbons (Fsp3) is 0.233. The summed E-state index contributed by atoms with van der Waals surface area (Å²) >= 11 is 0. The number of benzene rings is 3. The van der Waals surface area contributed by atoms with Gasteiger partial charge in [0.2, 0.25) is 11.8 Å². The Bertz CT molecular complexity index is 1440. The standard InChI is InChI=1S/C30H29N3O4/c1-29(2,3)37-23-13-14-24-25(19-23)31-18-15-26(24)36-22-11-9-21(10-12-22)33-28(35)30(16-17-30)27(34)32-20-7-5-4-6-8-20/h4-15,18-19H,16-17H2,1-3H3,(H,32,34)(H,33,35). The van der Waals surface area contributed by atoms with Gasteiger partial charge < -0.3 is 20.1 Å². The summed E-state index contributed by atoms with van der Waals surface area (Å²) in [5.74, 6) is 1.44. The molecule has 1 aromatic heterocycles. The van der Waals surface area contributed by atoms with Gasteiger partial charge in [-0.05, 0) is 88.2 Å². The third-order valence-corrected chi connectivity index (χ3v) is 6.09. The number of para-hydroxylation sites is 1. The predicted molar refractivity (Wildman–Crippen MR) is 144 cm³/mol. The summed E-state index contributed by atoms with van der Waals surface area (Å²) in [7, 11) is 0. The van der Waals surface area contributed by atoms with Gasteiger partial charge in [-0.1, -0.05) is 18.2 Å². The van der Waals surface area contributed by atoms with E-state index >= 15 is 0 Å². The number of hydrogen-bond donors (Lipinski definition) is 2. The highest BCUT2D eigenvalue weighted by atomic mass is 16.5. The summed E-state index contributed by atoms with van der Waals surface area (Å²) in [5.41, 5.74) is 0.710. The van der Waals surface area contributed by atoms with Gasteiger partial charge in [0, 0.05) is 29.0 Å². The second-order valence-electron chi connectivity index (χ2n) is 10.2. The van der Waals surface area contributed by atoms with Crippen LogP contribution in [0.25, 0.3) is 10.9 Å². The van der Waals surface area contributed by atoms with E-state index in [-0.39, 0.29) is 17.4 Å². The molecule has 1 aliphatic carbocycles. The van der Waals surface area contributed by atoms with Crippen molar-refractivity contribution in [3.63, 3.8) is 0 Å². The Morgan fingerprint density at radius 2 is 1.43 bits per heavy atom. The van der Waals surface area contributed by atoms with Crippen molar-refractivity contribution in [2.24, 2.45) is 5.41 Å². The van der Waals surface area contributed by atoms with Gasteiger partial charge in [-0.3, -0.25) is 14.6 Å². The van der Waals surface area contributed by atoms with Crippen LogP contribution in [0, 0.1) is 5.41 Å². The SMILES string of the molecule is CC(C)(C)Oc1ccc2c(Oc3ccc(NC(=O)C4(C(=O)Nc5ccccc5)CC4)cc3)ccnc2c1. The molecule has 3 aromatic carbocycles. The summed E-state index contributed by atoms with van der Waals surface area (Å²) in [5, 5.41) is 6.58. The number of carbonyl (C=O) groups is 2. The van der Waals surface area contributed by atoms with Gasteiger partial charge >= 0.3 is 0 Å². The maximum atomic E-state index is 12.9. The molecule has 0 spiro atoms. The van der Waals surface area contributed by atoms with Gasteiger partial charge in [-0.25, -0.2) is 0 Å². The Balaban J connectivity index is 1.25. The lowest BCUT2D eigenvalue weighted by Crippen LogP contribution is -2.35. The molecule has 0 unspecified atom stereocenters. The average Bonchev–Trinajstić information content (AvgIpc) is 3.67. The number of nitrogens with zero attached hydrogens (tertiary/aromatic N) is 1. The number of pyridine rings is 1. The molecule has 0 saturated heterocycles. The van der Waals surface area contributed by atoms with E-state index in [0.717, 1.165) is 16.7 Å². The largest absolute Gasteiger partial charge is 0.488 e. The van der Waals surface area contributed by atoms with Crippen molar-refractivity contribution in [1.82, 2.24) is 4.98 Å². The monoisotopic (exact) mass is 495 g/mol. The Morgan fingerprint density at radius 3 is 2.05 bits per heavy atom. The van der Waals surface area contributed by atoms with Gasteiger partial charge in [0.05, 0.1) is 5.52 Å². The van der Waals surface area contributed by atoms with E-state index < -0.39 is 5.41 Å². The number of anilines is 2. The summed E-state index contributed by atoms with van der Waals surface area (Å²) in [4.78, 5) is 30.2. The lowest BCUT2D eigenvalue weighted by atomic mass is 10.0. The van der Waals surface area contributed by atoms with Gasteiger partial charge in [-0.15, -0.1) is 0 Å². The van der Waals surface area contributed by atoms with E-state index in [1.807, 2.05) is 63.2 Å².